The Labute approximate surface area is 173 Å². The summed E-state index contributed by atoms with van der Waals surface area (Å²) in [5.41, 5.74) is 1.55. The number of para-hydroxylation sites is 1. The summed E-state index contributed by atoms with van der Waals surface area (Å²) in [6.07, 6.45) is 0. The minimum atomic E-state index is -0.105. The van der Waals surface area contributed by atoms with Gasteiger partial charge in [-0.05, 0) is 48.5 Å². The molecule has 3 aromatic carbocycles. The maximum Gasteiger partial charge on any atom is 0.234 e. The molecule has 0 radical (unpaired) electrons. The summed E-state index contributed by atoms with van der Waals surface area (Å²) in [6.45, 7) is 1.47. The van der Waals surface area contributed by atoms with Gasteiger partial charge in [-0.15, -0.1) is 11.8 Å². The Kier molecular flexibility index (Phi) is 7.17. The molecule has 4 nitrogen and oxygen atoms in total. The first-order chi connectivity index (χ1) is 13.6. The van der Waals surface area contributed by atoms with Crippen molar-refractivity contribution in [2.24, 2.45) is 0 Å². The minimum absolute atomic E-state index is 0.0583. The van der Waals surface area contributed by atoms with E-state index in [-0.39, 0.29) is 11.8 Å². The van der Waals surface area contributed by atoms with Crippen LogP contribution in [-0.2, 0) is 9.59 Å². The molecule has 0 bridgehead atoms. The van der Waals surface area contributed by atoms with E-state index < -0.39 is 0 Å². The van der Waals surface area contributed by atoms with E-state index in [4.69, 9.17) is 0 Å². The number of hydrogen-bond donors (Lipinski definition) is 2. The largest absolute Gasteiger partial charge is 0.326 e. The highest BCUT2D eigenvalue weighted by Gasteiger charge is 2.09. The molecule has 3 rings (SSSR count). The number of amides is 2. The Balaban J connectivity index is 1.57. The first-order valence-electron chi connectivity index (χ1n) is 8.72. The second kappa shape index (κ2) is 10.0. The number of nitrogens with one attached hydrogen (secondary N) is 2. The van der Waals surface area contributed by atoms with Gasteiger partial charge in [-0.1, -0.05) is 42.1 Å². The molecule has 0 aliphatic carbocycles. The Morgan fingerprint density at radius 2 is 1.46 bits per heavy atom. The van der Waals surface area contributed by atoms with Gasteiger partial charge in [-0.2, -0.15) is 0 Å². The van der Waals surface area contributed by atoms with Crippen molar-refractivity contribution in [3.63, 3.8) is 0 Å². The molecule has 3 aromatic rings. The van der Waals surface area contributed by atoms with Gasteiger partial charge < -0.3 is 10.6 Å². The highest BCUT2D eigenvalue weighted by molar-refractivity contribution is 8.00. The maximum absolute atomic E-state index is 12.4. The number of carbonyl (C=O) groups is 2. The fourth-order valence-electron chi connectivity index (χ4n) is 2.45. The SMILES string of the molecule is CC(=O)Nc1ccc(SCC(=O)Nc2ccccc2Sc2ccccc2)cc1. The van der Waals surface area contributed by atoms with E-state index >= 15 is 0 Å². The smallest absolute Gasteiger partial charge is 0.234 e. The van der Waals surface area contributed by atoms with Crippen LogP contribution in [-0.4, -0.2) is 17.6 Å². The van der Waals surface area contributed by atoms with Crippen molar-refractivity contribution in [1.82, 2.24) is 0 Å². The number of rotatable bonds is 7. The molecule has 0 saturated carbocycles. The molecule has 0 aromatic heterocycles. The van der Waals surface area contributed by atoms with E-state index in [9.17, 15) is 9.59 Å². The third kappa shape index (κ3) is 6.18. The van der Waals surface area contributed by atoms with E-state index in [1.54, 1.807) is 11.8 Å². The molecule has 0 saturated heterocycles. The first kappa shape index (κ1) is 20.0. The molecular weight excluding hydrogens is 388 g/mol. The molecule has 0 spiro atoms. The van der Waals surface area contributed by atoms with Crippen LogP contribution in [0.5, 0.6) is 0 Å². The van der Waals surface area contributed by atoms with Gasteiger partial charge in [0.15, 0.2) is 0 Å². The van der Waals surface area contributed by atoms with Crippen LogP contribution in [0.4, 0.5) is 11.4 Å². The van der Waals surface area contributed by atoms with Crippen LogP contribution in [0.3, 0.4) is 0 Å². The Morgan fingerprint density at radius 3 is 2.18 bits per heavy atom. The van der Waals surface area contributed by atoms with Gasteiger partial charge >= 0.3 is 0 Å². The highest BCUT2D eigenvalue weighted by atomic mass is 32.2. The molecule has 2 amide bonds. The van der Waals surface area contributed by atoms with Crippen LogP contribution >= 0.6 is 23.5 Å². The van der Waals surface area contributed by atoms with Gasteiger partial charge in [-0.3, -0.25) is 9.59 Å². The van der Waals surface area contributed by atoms with E-state index in [1.807, 2.05) is 78.9 Å². The van der Waals surface area contributed by atoms with Gasteiger partial charge in [-0.25, -0.2) is 0 Å². The van der Waals surface area contributed by atoms with Gasteiger partial charge in [0.25, 0.3) is 0 Å². The molecule has 6 heteroatoms. The lowest BCUT2D eigenvalue weighted by atomic mass is 10.3. The second-order valence-electron chi connectivity index (χ2n) is 5.95. The second-order valence-corrected chi connectivity index (χ2v) is 8.12. The number of anilines is 2. The molecule has 0 heterocycles. The molecular formula is C22H20N2O2S2. The monoisotopic (exact) mass is 408 g/mol. The normalized spacial score (nSPS) is 10.3. The average Bonchev–Trinajstić information content (AvgIpc) is 2.69. The van der Waals surface area contributed by atoms with Crippen molar-refractivity contribution in [2.75, 3.05) is 16.4 Å². The van der Waals surface area contributed by atoms with Crippen molar-refractivity contribution < 1.29 is 9.59 Å². The summed E-state index contributed by atoms with van der Waals surface area (Å²) in [6, 6.07) is 25.3. The zero-order chi connectivity index (χ0) is 19.8. The van der Waals surface area contributed by atoms with Gasteiger partial charge in [0, 0.05) is 27.3 Å². The number of carbonyl (C=O) groups excluding carboxylic acids is 2. The molecule has 0 aliphatic rings. The van der Waals surface area contributed by atoms with E-state index in [1.165, 1.54) is 18.7 Å². The van der Waals surface area contributed by atoms with Crippen LogP contribution in [0.25, 0.3) is 0 Å². The summed E-state index contributed by atoms with van der Waals surface area (Å²) in [5.74, 6) is 0.146. The summed E-state index contributed by atoms with van der Waals surface area (Å²) >= 11 is 3.07. The lowest BCUT2D eigenvalue weighted by Gasteiger charge is -2.11. The lowest BCUT2D eigenvalue weighted by molar-refractivity contribution is -0.114. The van der Waals surface area contributed by atoms with E-state index in [0.717, 1.165) is 26.1 Å². The van der Waals surface area contributed by atoms with Gasteiger partial charge in [0.05, 0.1) is 11.4 Å². The van der Waals surface area contributed by atoms with E-state index in [2.05, 4.69) is 10.6 Å². The number of benzene rings is 3. The summed E-state index contributed by atoms with van der Waals surface area (Å²) in [5, 5.41) is 5.73. The molecule has 0 atom stereocenters. The number of thioether (sulfide) groups is 1. The van der Waals surface area contributed by atoms with Crippen LogP contribution in [0, 0.1) is 0 Å². The maximum atomic E-state index is 12.4. The fourth-order valence-corrected chi connectivity index (χ4v) is 4.07. The predicted octanol–water partition coefficient (Wildman–Crippen LogP) is 5.53. The van der Waals surface area contributed by atoms with Crippen molar-refractivity contribution in [3.05, 3.63) is 78.9 Å². The summed E-state index contributed by atoms with van der Waals surface area (Å²) in [4.78, 5) is 26.6. The van der Waals surface area contributed by atoms with Gasteiger partial charge in [0.2, 0.25) is 11.8 Å². The summed E-state index contributed by atoms with van der Waals surface area (Å²) < 4.78 is 0. The molecule has 0 unspecified atom stereocenters. The van der Waals surface area contributed by atoms with Gasteiger partial charge in [0.1, 0.15) is 0 Å². The fraction of sp³-hybridized carbons (Fsp3) is 0.0909. The van der Waals surface area contributed by atoms with E-state index in [0.29, 0.717) is 5.75 Å². The molecule has 28 heavy (non-hydrogen) atoms. The first-order valence-corrected chi connectivity index (χ1v) is 10.5. The van der Waals surface area contributed by atoms with Crippen molar-refractivity contribution in [3.8, 4) is 0 Å². The van der Waals surface area contributed by atoms with Crippen LogP contribution < -0.4 is 10.6 Å². The lowest BCUT2D eigenvalue weighted by Crippen LogP contribution is -2.14. The van der Waals surface area contributed by atoms with Crippen LogP contribution in [0.15, 0.2) is 93.5 Å². The topological polar surface area (TPSA) is 58.2 Å². The average molecular weight is 409 g/mol. The number of hydrogen-bond acceptors (Lipinski definition) is 4. The molecule has 142 valence electrons. The zero-order valence-corrected chi connectivity index (χ0v) is 17.0. The molecule has 0 aliphatic heterocycles. The third-order valence-corrected chi connectivity index (χ3v) is 5.77. The van der Waals surface area contributed by atoms with Crippen molar-refractivity contribution in [2.45, 2.75) is 21.6 Å². The standard InChI is InChI=1S/C22H20N2O2S2/c1-16(25)23-17-11-13-18(14-12-17)27-15-22(26)24-20-9-5-6-10-21(20)28-19-7-3-2-4-8-19/h2-14H,15H2,1H3,(H,23,25)(H,24,26). The minimum Gasteiger partial charge on any atom is -0.326 e. The van der Waals surface area contributed by atoms with Crippen LogP contribution in [0.1, 0.15) is 6.92 Å². The predicted molar refractivity (Wildman–Crippen MR) is 117 cm³/mol. The Hall–Kier alpha value is -2.70. The van der Waals surface area contributed by atoms with Crippen molar-refractivity contribution in [1.29, 1.82) is 0 Å². The van der Waals surface area contributed by atoms with Crippen molar-refractivity contribution >= 4 is 46.7 Å². The molecule has 2 N–H and O–H groups in total. The quantitative estimate of drug-likeness (QED) is 0.505. The summed E-state index contributed by atoms with van der Waals surface area (Å²) in [7, 11) is 0. The third-order valence-electron chi connectivity index (χ3n) is 3.68. The Morgan fingerprint density at radius 1 is 0.786 bits per heavy atom. The molecule has 0 fully saturated rings. The highest BCUT2D eigenvalue weighted by Crippen LogP contribution is 2.33. The van der Waals surface area contributed by atoms with Crippen LogP contribution in [0.2, 0.25) is 0 Å². The zero-order valence-electron chi connectivity index (χ0n) is 15.3. The Bertz CT molecular complexity index is 944.